The Morgan fingerprint density at radius 2 is 2.06 bits per heavy atom. The largest absolute Gasteiger partial charge is 0.466 e. The van der Waals surface area contributed by atoms with Crippen LogP contribution in [0.2, 0.25) is 0 Å². The van der Waals surface area contributed by atoms with Gasteiger partial charge in [-0.2, -0.15) is 0 Å². The van der Waals surface area contributed by atoms with E-state index in [0.717, 1.165) is 0 Å². The predicted octanol–water partition coefficient (Wildman–Crippen LogP) is 2.82. The number of benzene rings is 1. The maximum atomic E-state index is 13.6. The highest BCUT2D eigenvalue weighted by atomic mass is 79.9. The molecule has 0 aromatic heterocycles. The van der Waals surface area contributed by atoms with Gasteiger partial charge in [-0.3, -0.25) is 4.79 Å². The lowest BCUT2D eigenvalue weighted by atomic mass is 10.0. The van der Waals surface area contributed by atoms with Gasteiger partial charge in [-0.05, 0) is 28.9 Å². The summed E-state index contributed by atoms with van der Waals surface area (Å²) in [5.74, 6) is -4.36. The lowest BCUT2D eigenvalue weighted by Crippen LogP contribution is -2.20. The van der Waals surface area contributed by atoms with Crippen LogP contribution in [0.3, 0.4) is 0 Å². The van der Waals surface area contributed by atoms with E-state index in [1.54, 1.807) is 6.92 Å². The molecule has 0 aliphatic heterocycles. The Balaban J connectivity index is 3.05. The average Bonchev–Trinajstić information content (AvgIpc) is 2.27. The van der Waals surface area contributed by atoms with Crippen molar-refractivity contribution in [3.63, 3.8) is 0 Å². The van der Waals surface area contributed by atoms with Crippen LogP contribution in [0.25, 0.3) is 0 Å². The Kier molecular flexibility index (Phi) is 5.15. The zero-order valence-corrected chi connectivity index (χ0v) is 11.1. The van der Waals surface area contributed by atoms with E-state index in [2.05, 4.69) is 20.7 Å². The van der Waals surface area contributed by atoms with E-state index in [9.17, 15) is 18.0 Å². The van der Waals surface area contributed by atoms with Gasteiger partial charge >= 0.3 is 5.97 Å². The summed E-state index contributed by atoms with van der Waals surface area (Å²) in [6, 6.07) is -0.651. The quantitative estimate of drug-likeness (QED) is 0.684. The number of rotatable bonds is 4. The van der Waals surface area contributed by atoms with Gasteiger partial charge in [0.1, 0.15) is 5.82 Å². The molecule has 7 heteroatoms. The number of carbonyl (C=O) groups is 1. The van der Waals surface area contributed by atoms with Gasteiger partial charge in [0.25, 0.3) is 0 Å². The second-order valence-electron chi connectivity index (χ2n) is 3.50. The van der Waals surface area contributed by atoms with Crippen LogP contribution in [0.5, 0.6) is 0 Å². The van der Waals surface area contributed by atoms with Crippen molar-refractivity contribution in [2.24, 2.45) is 5.73 Å². The van der Waals surface area contributed by atoms with Gasteiger partial charge in [-0.15, -0.1) is 0 Å². The fourth-order valence-electron chi connectivity index (χ4n) is 1.42. The van der Waals surface area contributed by atoms with Crippen LogP contribution in [0.4, 0.5) is 13.2 Å². The summed E-state index contributed by atoms with van der Waals surface area (Å²) in [5.41, 5.74) is 4.83. The van der Waals surface area contributed by atoms with E-state index < -0.39 is 41.4 Å². The second-order valence-corrected chi connectivity index (χ2v) is 4.35. The summed E-state index contributed by atoms with van der Waals surface area (Å²) in [6.07, 6.45) is -0.433. The summed E-state index contributed by atoms with van der Waals surface area (Å²) in [5, 5.41) is 0. The van der Waals surface area contributed by atoms with E-state index in [-0.39, 0.29) is 11.1 Å². The van der Waals surface area contributed by atoms with Gasteiger partial charge in [0.15, 0.2) is 11.6 Å². The zero-order chi connectivity index (χ0) is 13.9. The van der Waals surface area contributed by atoms with Crippen molar-refractivity contribution in [3.05, 3.63) is 33.6 Å². The van der Waals surface area contributed by atoms with Crippen LogP contribution in [-0.4, -0.2) is 12.6 Å². The van der Waals surface area contributed by atoms with E-state index in [1.807, 2.05) is 0 Å². The van der Waals surface area contributed by atoms with Gasteiger partial charge in [-0.25, -0.2) is 13.2 Å². The molecule has 0 saturated carbocycles. The highest BCUT2D eigenvalue weighted by molar-refractivity contribution is 9.10. The number of halogens is 4. The van der Waals surface area contributed by atoms with Crippen molar-refractivity contribution in [1.82, 2.24) is 0 Å². The summed E-state index contributed by atoms with van der Waals surface area (Å²) >= 11 is 2.74. The van der Waals surface area contributed by atoms with Crippen LogP contribution in [0.1, 0.15) is 24.9 Å². The minimum Gasteiger partial charge on any atom is -0.466 e. The average molecular weight is 326 g/mol. The van der Waals surface area contributed by atoms with Crippen LogP contribution >= 0.6 is 15.9 Å². The normalized spacial score (nSPS) is 12.3. The lowest BCUT2D eigenvalue weighted by Gasteiger charge is -2.14. The molecule has 0 aliphatic carbocycles. The Hall–Kier alpha value is -1.08. The number of nitrogens with two attached hydrogens (primary N) is 1. The molecule has 3 nitrogen and oxygen atoms in total. The highest BCUT2D eigenvalue weighted by Gasteiger charge is 2.24. The van der Waals surface area contributed by atoms with Gasteiger partial charge < -0.3 is 10.5 Å². The Labute approximate surface area is 110 Å². The highest BCUT2D eigenvalue weighted by Crippen LogP contribution is 2.29. The Morgan fingerprint density at radius 1 is 1.44 bits per heavy atom. The molecule has 0 heterocycles. The number of hydrogen-bond donors (Lipinski definition) is 1. The molecule has 18 heavy (non-hydrogen) atoms. The van der Waals surface area contributed by atoms with Crippen molar-refractivity contribution in [2.75, 3.05) is 6.61 Å². The Bertz CT molecular complexity index is 442. The summed E-state index contributed by atoms with van der Waals surface area (Å²) in [4.78, 5) is 11.2. The monoisotopic (exact) mass is 325 g/mol. The standard InChI is InChI=1S/C11H11BrF3NO2/c1-2-18-8(17)4-7(16)9-10(14)5(12)3-6(13)11(9)15/h3,7H,2,4,16H2,1H3/t7-/m0/s1. The smallest absolute Gasteiger partial charge is 0.307 e. The van der Waals surface area contributed by atoms with E-state index in [0.29, 0.717) is 6.07 Å². The van der Waals surface area contributed by atoms with Crippen molar-refractivity contribution < 1.29 is 22.7 Å². The molecule has 0 amide bonds. The zero-order valence-electron chi connectivity index (χ0n) is 9.47. The number of ether oxygens (including phenoxy) is 1. The maximum absolute atomic E-state index is 13.6. The van der Waals surface area contributed by atoms with Crippen molar-refractivity contribution in [3.8, 4) is 0 Å². The molecule has 0 bridgehead atoms. The molecule has 1 atom stereocenters. The van der Waals surface area contributed by atoms with Crippen molar-refractivity contribution in [2.45, 2.75) is 19.4 Å². The molecule has 0 spiro atoms. The molecule has 1 rings (SSSR count). The summed E-state index contributed by atoms with van der Waals surface area (Å²) in [7, 11) is 0. The minimum absolute atomic E-state index is 0.128. The molecule has 0 saturated heterocycles. The van der Waals surface area contributed by atoms with Gasteiger partial charge in [0.05, 0.1) is 17.5 Å². The molecule has 100 valence electrons. The third-order valence-electron chi connectivity index (χ3n) is 2.21. The molecular formula is C11H11BrF3NO2. The lowest BCUT2D eigenvalue weighted by molar-refractivity contribution is -0.143. The van der Waals surface area contributed by atoms with Crippen molar-refractivity contribution in [1.29, 1.82) is 0 Å². The van der Waals surface area contributed by atoms with Crippen LogP contribution in [0.15, 0.2) is 10.5 Å². The Morgan fingerprint density at radius 3 is 2.61 bits per heavy atom. The maximum Gasteiger partial charge on any atom is 0.307 e. The van der Waals surface area contributed by atoms with Crippen LogP contribution in [0, 0.1) is 17.5 Å². The van der Waals surface area contributed by atoms with Crippen LogP contribution < -0.4 is 5.73 Å². The van der Waals surface area contributed by atoms with Gasteiger partial charge in [0.2, 0.25) is 0 Å². The summed E-state index contributed by atoms with van der Waals surface area (Å²) in [6.45, 7) is 1.72. The second kappa shape index (κ2) is 6.19. The van der Waals surface area contributed by atoms with E-state index >= 15 is 0 Å². The SMILES string of the molecule is CCOC(=O)C[C@H](N)c1c(F)c(F)cc(Br)c1F. The molecule has 1 aromatic carbocycles. The molecule has 0 radical (unpaired) electrons. The molecule has 0 fully saturated rings. The number of hydrogen-bond acceptors (Lipinski definition) is 3. The van der Waals surface area contributed by atoms with Gasteiger partial charge in [-0.1, -0.05) is 0 Å². The van der Waals surface area contributed by atoms with Crippen molar-refractivity contribution >= 4 is 21.9 Å². The minimum atomic E-state index is -1.40. The van der Waals surface area contributed by atoms with E-state index in [1.165, 1.54) is 0 Å². The van der Waals surface area contributed by atoms with E-state index in [4.69, 9.17) is 5.73 Å². The molecule has 2 N–H and O–H groups in total. The fourth-order valence-corrected chi connectivity index (χ4v) is 1.83. The number of carbonyl (C=O) groups excluding carboxylic acids is 1. The first kappa shape index (κ1) is 15.0. The topological polar surface area (TPSA) is 52.3 Å². The number of esters is 1. The third-order valence-corrected chi connectivity index (χ3v) is 2.79. The molecule has 1 aromatic rings. The fraction of sp³-hybridized carbons (Fsp3) is 0.364. The molecular weight excluding hydrogens is 315 g/mol. The van der Waals surface area contributed by atoms with Crippen LogP contribution in [-0.2, 0) is 9.53 Å². The van der Waals surface area contributed by atoms with Gasteiger partial charge in [0, 0.05) is 11.6 Å². The first-order chi connectivity index (χ1) is 8.38. The first-order valence-electron chi connectivity index (χ1n) is 5.12. The summed E-state index contributed by atoms with van der Waals surface area (Å²) < 4.78 is 44.6. The first-order valence-corrected chi connectivity index (χ1v) is 5.91. The predicted molar refractivity (Wildman–Crippen MR) is 62.2 cm³/mol. The molecule has 0 aliphatic rings. The third kappa shape index (κ3) is 3.23. The molecule has 0 unspecified atom stereocenters.